The van der Waals surface area contributed by atoms with Crippen molar-refractivity contribution in [2.75, 3.05) is 10.8 Å². The molecule has 4 rings (SSSR count). The summed E-state index contributed by atoms with van der Waals surface area (Å²) in [4.78, 5) is 28.8. The van der Waals surface area contributed by atoms with Gasteiger partial charge in [0.05, 0.1) is 10.6 Å². The topological polar surface area (TPSA) is 86.8 Å². The fourth-order valence-corrected chi connectivity index (χ4v) is 6.35. The summed E-state index contributed by atoms with van der Waals surface area (Å²) in [7, 11) is -4.10. The first kappa shape index (κ1) is 28.3. The van der Waals surface area contributed by atoms with Gasteiger partial charge in [0, 0.05) is 12.6 Å². The first-order chi connectivity index (χ1) is 18.8. The molecule has 1 atom stereocenters. The molecule has 1 N–H and O–H groups in total. The highest BCUT2D eigenvalue weighted by molar-refractivity contribution is 7.92. The molecule has 0 aliphatic heterocycles. The van der Waals surface area contributed by atoms with E-state index in [1.54, 1.807) is 60.7 Å². The molecule has 2 amide bonds. The maximum absolute atomic E-state index is 14.0. The molecule has 0 aromatic heterocycles. The lowest BCUT2D eigenvalue weighted by atomic mass is 10.1. The van der Waals surface area contributed by atoms with Crippen LogP contribution in [0.25, 0.3) is 0 Å². The minimum absolute atomic E-state index is 0.0315. The van der Waals surface area contributed by atoms with Crippen LogP contribution in [0.5, 0.6) is 0 Å². The summed E-state index contributed by atoms with van der Waals surface area (Å²) >= 11 is 0. The van der Waals surface area contributed by atoms with Gasteiger partial charge in [-0.2, -0.15) is 0 Å². The number of carbonyl (C=O) groups excluding carboxylic acids is 2. The number of amides is 2. The van der Waals surface area contributed by atoms with Crippen LogP contribution < -0.4 is 9.62 Å². The quantitative estimate of drug-likeness (QED) is 0.368. The van der Waals surface area contributed by atoms with Crippen LogP contribution in [0, 0.1) is 5.82 Å². The number of nitrogens with one attached hydrogen (secondary N) is 1. The van der Waals surface area contributed by atoms with Gasteiger partial charge in [0.15, 0.2) is 0 Å². The highest BCUT2D eigenvalue weighted by Gasteiger charge is 2.34. The fraction of sp³-hybridized carbons (Fsp3) is 0.333. The third-order valence-electron chi connectivity index (χ3n) is 7.01. The van der Waals surface area contributed by atoms with Gasteiger partial charge in [-0.15, -0.1) is 0 Å². The second-order valence-corrected chi connectivity index (χ2v) is 11.6. The molecule has 1 aliphatic carbocycles. The molecule has 1 fully saturated rings. The van der Waals surface area contributed by atoms with Gasteiger partial charge in [0.2, 0.25) is 11.8 Å². The van der Waals surface area contributed by atoms with Crippen LogP contribution in [0.1, 0.15) is 44.6 Å². The Morgan fingerprint density at radius 2 is 1.51 bits per heavy atom. The number of benzene rings is 3. The molecule has 3 aromatic carbocycles. The average Bonchev–Trinajstić information content (AvgIpc) is 3.46. The normalized spacial score (nSPS) is 14.5. The highest BCUT2D eigenvalue weighted by atomic mass is 32.2. The minimum atomic E-state index is -4.10. The van der Waals surface area contributed by atoms with E-state index < -0.39 is 34.3 Å². The van der Waals surface area contributed by atoms with Crippen LogP contribution in [-0.4, -0.2) is 43.8 Å². The van der Waals surface area contributed by atoms with Crippen molar-refractivity contribution in [2.45, 2.75) is 62.6 Å². The fourth-order valence-electron chi connectivity index (χ4n) is 4.92. The summed E-state index contributed by atoms with van der Waals surface area (Å²) in [5, 5.41) is 3.08. The van der Waals surface area contributed by atoms with Gasteiger partial charge >= 0.3 is 0 Å². The maximum Gasteiger partial charge on any atom is 0.264 e. The Morgan fingerprint density at radius 3 is 2.10 bits per heavy atom. The molecule has 1 saturated carbocycles. The molecule has 0 unspecified atom stereocenters. The molecule has 1 aliphatic rings. The molecule has 0 heterocycles. The molecule has 0 radical (unpaired) electrons. The predicted octanol–water partition coefficient (Wildman–Crippen LogP) is 4.89. The Kier molecular flexibility index (Phi) is 9.35. The van der Waals surface area contributed by atoms with Gasteiger partial charge in [-0.1, -0.05) is 68.3 Å². The summed E-state index contributed by atoms with van der Waals surface area (Å²) in [5.74, 6) is -1.21. The summed E-state index contributed by atoms with van der Waals surface area (Å²) in [6, 6.07) is 21.3. The lowest BCUT2D eigenvalue weighted by Crippen LogP contribution is -2.53. The number of carbonyl (C=O) groups is 2. The molecular formula is C30H34FN3O4S. The van der Waals surface area contributed by atoms with Crippen molar-refractivity contribution in [1.29, 1.82) is 0 Å². The molecule has 206 valence electrons. The zero-order valence-corrected chi connectivity index (χ0v) is 22.8. The predicted molar refractivity (Wildman–Crippen MR) is 149 cm³/mol. The van der Waals surface area contributed by atoms with E-state index in [1.165, 1.54) is 29.2 Å². The van der Waals surface area contributed by atoms with E-state index in [0.717, 1.165) is 30.0 Å². The minimum Gasteiger partial charge on any atom is -0.352 e. The Hall–Kier alpha value is -3.72. The SMILES string of the molecule is CC[C@@H](C(=O)NC1CCCC1)N(Cc1ccc(F)cc1)C(=O)CN(c1ccccc1)S(=O)(=O)c1ccccc1. The number of nitrogens with zero attached hydrogens (tertiary/aromatic N) is 2. The number of halogens is 1. The summed E-state index contributed by atoms with van der Waals surface area (Å²) in [6.07, 6.45) is 4.21. The van der Waals surface area contributed by atoms with Crippen LogP contribution in [0.3, 0.4) is 0 Å². The lowest BCUT2D eigenvalue weighted by Gasteiger charge is -2.33. The van der Waals surface area contributed by atoms with E-state index in [-0.39, 0.29) is 23.4 Å². The largest absolute Gasteiger partial charge is 0.352 e. The zero-order valence-electron chi connectivity index (χ0n) is 22.0. The molecule has 3 aromatic rings. The van der Waals surface area contributed by atoms with Crippen molar-refractivity contribution in [3.8, 4) is 0 Å². The highest BCUT2D eigenvalue weighted by Crippen LogP contribution is 2.25. The Bertz CT molecular complexity index is 1350. The van der Waals surface area contributed by atoms with Crippen molar-refractivity contribution in [3.05, 3.63) is 96.3 Å². The second-order valence-electron chi connectivity index (χ2n) is 9.72. The van der Waals surface area contributed by atoms with Crippen LogP contribution >= 0.6 is 0 Å². The number of rotatable bonds is 11. The Morgan fingerprint density at radius 1 is 0.923 bits per heavy atom. The van der Waals surface area contributed by atoms with Gasteiger partial charge in [-0.05, 0) is 61.2 Å². The Balaban J connectivity index is 1.68. The smallest absolute Gasteiger partial charge is 0.264 e. The van der Waals surface area contributed by atoms with Crippen LogP contribution in [0.2, 0.25) is 0 Å². The first-order valence-corrected chi connectivity index (χ1v) is 14.7. The molecule has 39 heavy (non-hydrogen) atoms. The molecule has 0 spiro atoms. The van der Waals surface area contributed by atoms with E-state index in [0.29, 0.717) is 17.7 Å². The molecule has 9 heteroatoms. The van der Waals surface area contributed by atoms with Gasteiger partial charge in [0.25, 0.3) is 10.0 Å². The van der Waals surface area contributed by atoms with Crippen molar-refractivity contribution in [2.24, 2.45) is 0 Å². The standard InChI is InChI=1S/C30H34FN3O4S/c1-2-28(30(36)32-25-11-9-10-12-25)33(21-23-17-19-24(31)20-18-23)29(35)22-34(26-13-5-3-6-14-26)39(37,38)27-15-7-4-8-16-27/h3-8,13-20,25,28H,2,9-12,21-22H2,1H3,(H,32,36)/t28-/m0/s1. The van der Waals surface area contributed by atoms with Gasteiger partial charge < -0.3 is 10.2 Å². The Labute approximate surface area is 229 Å². The number of anilines is 1. The van der Waals surface area contributed by atoms with E-state index in [1.807, 2.05) is 6.92 Å². The van der Waals surface area contributed by atoms with E-state index in [9.17, 15) is 22.4 Å². The molecule has 0 saturated heterocycles. The summed E-state index contributed by atoms with van der Waals surface area (Å²) in [6.45, 7) is 1.35. The van der Waals surface area contributed by atoms with Gasteiger partial charge in [-0.3, -0.25) is 13.9 Å². The van der Waals surface area contributed by atoms with E-state index in [2.05, 4.69) is 5.32 Å². The first-order valence-electron chi connectivity index (χ1n) is 13.3. The molecule has 7 nitrogen and oxygen atoms in total. The van der Waals surface area contributed by atoms with Gasteiger partial charge in [0.1, 0.15) is 18.4 Å². The van der Waals surface area contributed by atoms with Crippen molar-refractivity contribution in [3.63, 3.8) is 0 Å². The van der Waals surface area contributed by atoms with Crippen LogP contribution in [-0.2, 0) is 26.2 Å². The van der Waals surface area contributed by atoms with E-state index in [4.69, 9.17) is 0 Å². The van der Waals surface area contributed by atoms with Crippen molar-refractivity contribution < 1.29 is 22.4 Å². The summed E-state index contributed by atoms with van der Waals surface area (Å²) < 4.78 is 42.1. The number of hydrogen-bond acceptors (Lipinski definition) is 4. The molecule has 0 bridgehead atoms. The number of sulfonamides is 1. The molecular weight excluding hydrogens is 517 g/mol. The number of hydrogen-bond donors (Lipinski definition) is 1. The van der Waals surface area contributed by atoms with Gasteiger partial charge in [-0.25, -0.2) is 12.8 Å². The third kappa shape index (κ3) is 7.03. The van der Waals surface area contributed by atoms with Crippen molar-refractivity contribution >= 4 is 27.5 Å². The lowest BCUT2D eigenvalue weighted by molar-refractivity contribution is -0.140. The maximum atomic E-state index is 14.0. The monoisotopic (exact) mass is 551 g/mol. The van der Waals surface area contributed by atoms with Crippen LogP contribution in [0.4, 0.5) is 10.1 Å². The zero-order chi connectivity index (χ0) is 27.8. The summed E-state index contributed by atoms with van der Waals surface area (Å²) in [5.41, 5.74) is 0.967. The van der Waals surface area contributed by atoms with Crippen molar-refractivity contribution in [1.82, 2.24) is 10.2 Å². The van der Waals surface area contributed by atoms with Crippen LogP contribution in [0.15, 0.2) is 89.8 Å². The number of para-hydroxylation sites is 1. The third-order valence-corrected chi connectivity index (χ3v) is 8.80. The van der Waals surface area contributed by atoms with E-state index >= 15 is 0 Å². The average molecular weight is 552 g/mol. The second kappa shape index (κ2) is 12.9.